The van der Waals surface area contributed by atoms with Crippen LogP contribution in [0, 0.1) is 5.41 Å². The molecular weight excluding hydrogens is 470 g/mol. The van der Waals surface area contributed by atoms with Crippen molar-refractivity contribution in [2.24, 2.45) is 5.73 Å². The first-order chi connectivity index (χ1) is 16.3. The van der Waals surface area contributed by atoms with Crippen LogP contribution >= 0.6 is 12.4 Å². The van der Waals surface area contributed by atoms with Crippen molar-refractivity contribution >= 4 is 36.0 Å². The average molecular weight is 502 g/mol. The fourth-order valence-electron chi connectivity index (χ4n) is 3.99. The molecule has 0 bridgehead atoms. The number of amidine groups is 1. The van der Waals surface area contributed by atoms with Gasteiger partial charge in [0.25, 0.3) is 0 Å². The summed E-state index contributed by atoms with van der Waals surface area (Å²) in [6, 6.07) is 15.1. The molecule has 35 heavy (non-hydrogen) atoms. The second-order valence-corrected chi connectivity index (χ2v) is 8.37. The molecule has 1 aliphatic heterocycles. The molecule has 9 nitrogen and oxygen atoms in total. The van der Waals surface area contributed by atoms with Crippen LogP contribution in [0.2, 0.25) is 0 Å². The van der Waals surface area contributed by atoms with Crippen molar-refractivity contribution < 1.29 is 19.5 Å². The van der Waals surface area contributed by atoms with E-state index in [1.165, 1.54) is 4.90 Å². The van der Waals surface area contributed by atoms with Crippen LogP contribution in [0.3, 0.4) is 0 Å². The fourth-order valence-corrected chi connectivity index (χ4v) is 3.99. The first-order valence-corrected chi connectivity index (χ1v) is 11.4. The second-order valence-electron chi connectivity index (χ2n) is 8.37. The van der Waals surface area contributed by atoms with Crippen LogP contribution in [0.25, 0.3) is 0 Å². The van der Waals surface area contributed by atoms with Gasteiger partial charge in [0.05, 0.1) is 25.2 Å². The highest BCUT2D eigenvalue weighted by molar-refractivity contribution is 6.00. The molecule has 0 radical (unpaired) electrons. The third kappa shape index (κ3) is 8.17. The third-order valence-corrected chi connectivity index (χ3v) is 5.86. The lowest BCUT2D eigenvalue weighted by atomic mass is 10.0. The molecule has 2 atom stereocenters. The Morgan fingerprint density at radius 3 is 2.37 bits per heavy atom. The second kappa shape index (κ2) is 13.6. The van der Waals surface area contributed by atoms with E-state index in [1.807, 2.05) is 30.3 Å². The van der Waals surface area contributed by atoms with Gasteiger partial charge < -0.3 is 16.2 Å². The van der Waals surface area contributed by atoms with Crippen molar-refractivity contribution in [1.29, 1.82) is 5.41 Å². The molecule has 2 amide bonds. The number of carboxylic acids is 1. The predicted molar refractivity (Wildman–Crippen MR) is 135 cm³/mol. The van der Waals surface area contributed by atoms with Gasteiger partial charge in [-0.1, -0.05) is 54.6 Å². The molecule has 188 valence electrons. The lowest BCUT2D eigenvalue weighted by Crippen LogP contribution is -2.53. The van der Waals surface area contributed by atoms with E-state index in [2.05, 4.69) is 10.6 Å². The molecule has 2 aromatic carbocycles. The van der Waals surface area contributed by atoms with E-state index in [9.17, 15) is 14.4 Å². The van der Waals surface area contributed by atoms with Crippen LogP contribution in [0.5, 0.6) is 0 Å². The van der Waals surface area contributed by atoms with E-state index in [0.29, 0.717) is 36.9 Å². The van der Waals surface area contributed by atoms with Gasteiger partial charge in [-0.15, -0.1) is 12.4 Å². The van der Waals surface area contributed by atoms with Crippen molar-refractivity contribution in [1.82, 2.24) is 15.5 Å². The third-order valence-electron chi connectivity index (χ3n) is 5.86. The van der Waals surface area contributed by atoms with Gasteiger partial charge in [-0.3, -0.25) is 30.0 Å². The van der Waals surface area contributed by atoms with Crippen molar-refractivity contribution in [3.63, 3.8) is 0 Å². The number of imide groups is 1. The van der Waals surface area contributed by atoms with E-state index < -0.39 is 24.0 Å². The Balaban J connectivity index is 0.00000432. The summed E-state index contributed by atoms with van der Waals surface area (Å²) in [7, 11) is 0. The standard InChI is InChI=1S/C25H31N5O4.ClH/c26-23(27)19-11-8-18(9-12-19)16-30(24(33)20-7-4-14-28-20)25(34)21(29-15-22(31)32)13-10-17-5-2-1-3-6-17;/h1-3,5-6,8-9,11-12,20-21,28-29H,4,7,10,13-16H2,(H3,26,27)(H,31,32);1H/t20-,21-;/m0./s1. The van der Waals surface area contributed by atoms with E-state index in [1.54, 1.807) is 24.3 Å². The van der Waals surface area contributed by atoms with E-state index in [0.717, 1.165) is 12.0 Å². The van der Waals surface area contributed by atoms with Crippen LogP contribution in [-0.2, 0) is 27.3 Å². The number of nitrogen functional groups attached to an aromatic ring is 1. The Hall–Kier alpha value is -3.27. The minimum absolute atomic E-state index is 0. The maximum atomic E-state index is 13.6. The van der Waals surface area contributed by atoms with Gasteiger partial charge in [0.2, 0.25) is 11.8 Å². The summed E-state index contributed by atoms with van der Waals surface area (Å²) in [5, 5.41) is 22.7. The van der Waals surface area contributed by atoms with Crippen LogP contribution in [0.4, 0.5) is 0 Å². The highest BCUT2D eigenvalue weighted by Crippen LogP contribution is 2.16. The summed E-state index contributed by atoms with van der Waals surface area (Å²) in [4.78, 5) is 39.4. The first kappa shape index (κ1) is 28.0. The number of nitrogens with one attached hydrogen (secondary N) is 3. The highest BCUT2D eigenvalue weighted by atomic mass is 35.5. The molecule has 0 unspecified atom stereocenters. The van der Waals surface area contributed by atoms with Crippen molar-refractivity contribution in [2.75, 3.05) is 13.1 Å². The number of hydrogen-bond acceptors (Lipinski definition) is 6. The van der Waals surface area contributed by atoms with E-state index in [-0.39, 0.29) is 37.2 Å². The molecule has 0 aromatic heterocycles. The Morgan fingerprint density at radius 1 is 1.11 bits per heavy atom. The summed E-state index contributed by atoms with van der Waals surface area (Å²) >= 11 is 0. The number of carboxylic acid groups (broad SMARTS) is 1. The smallest absolute Gasteiger partial charge is 0.317 e. The number of rotatable bonds is 11. The van der Waals surface area contributed by atoms with Crippen molar-refractivity contribution in [3.8, 4) is 0 Å². The molecule has 1 saturated heterocycles. The van der Waals surface area contributed by atoms with Gasteiger partial charge in [0.15, 0.2) is 0 Å². The molecule has 0 aliphatic carbocycles. The molecule has 0 saturated carbocycles. The van der Waals surface area contributed by atoms with E-state index >= 15 is 0 Å². The molecule has 1 fully saturated rings. The number of carbonyl (C=O) groups excluding carboxylic acids is 2. The Morgan fingerprint density at radius 2 is 1.80 bits per heavy atom. The lowest BCUT2D eigenvalue weighted by molar-refractivity contribution is -0.148. The Bertz CT molecular complexity index is 1010. The fraction of sp³-hybridized carbons (Fsp3) is 0.360. The van der Waals surface area contributed by atoms with E-state index in [4.69, 9.17) is 16.2 Å². The normalized spacial score (nSPS) is 15.6. The van der Waals surface area contributed by atoms with Crippen LogP contribution < -0.4 is 16.4 Å². The predicted octanol–water partition coefficient (Wildman–Crippen LogP) is 1.68. The first-order valence-electron chi connectivity index (χ1n) is 11.4. The summed E-state index contributed by atoms with van der Waals surface area (Å²) in [6.07, 6.45) is 2.39. The number of nitrogens with two attached hydrogens (primary N) is 1. The van der Waals surface area contributed by atoms with Gasteiger partial charge in [-0.2, -0.15) is 0 Å². The quantitative estimate of drug-likeness (QED) is 0.232. The number of amides is 2. The topological polar surface area (TPSA) is 149 Å². The zero-order valence-electron chi connectivity index (χ0n) is 19.4. The summed E-state index contributed by atoms with van der Waals surface area (Å²) in [5.41, 5.74) is 7.81. The number of carbonyl (C=O) groups is 3. The molecule has 6 N–H and O–H groups in total. The van der Waals surface area contributed by atoms with Gasteiger partial charge in [-0.25, -0.2) is 0 Å². The van der Waals surface area contributed by atoms with Crippen LogP contribution in [-0.4, -0.2) is 58.8 Å². The van der Waals surface area contributed by atoms with Gasteiger partial charge in [0, 0.05) is 5.56 Å². The highest BCUT2D eigenvalue weighted by Gasteiger charge is 2.34. The maximum absolute atomic E-state index is 13.6. The van der Waals surface area contributed by atoms with Gasteiger partial charge >= 0.3 is 5.97 Å². The Kier molecular flexibility index (Phi) is 10.8. The Labute approximate surface area is 211 Å². The maximum Gasteiger partial charge on any atom is 0.317 e. The largest absolute Gasteiger partial charge is 0.480 e. The minimum Gasteiger partial charge on any atom is -0.480 e. The molecular formula is C25H32ClN5O4. The van der Waals surface area contributed by atoms with Crippen molar-refractivity contribution in [2.45, 2.75) is 44.3 Å². The molecule has 2 aromatic rings. The number of halogens is 1. The summed E-state index contributed by atoms with van der Waals surface area (Å²) in [6.45, 7) is 0.368. The molecule has 0 spiro atoms. The summed E-state index contributed by atoms with van der Waals surface area (Å²) < 4.78 is 0. The number of benzene rings is 2. The lowest BCUT2D eigenvalue weighted by Gasteiger charge is -2.28. The molecule has 3 rings (SSSR count). The zero-order chi connectivity index (χ0) is 24.5. The van der Waals surface area contributed by atoms with Crippen LogP contribution in [0.15, 0.2) is 54.6 Å². The molecule has 1 heterocycles. The number of hydrogen-bond donors (Lipinski definition) is 5. The average Bonchev–Trinajstić information content (AvgIpc) is 3.38. The number of nitrogens with zero attached hydrogens (tertiary/aromatic N) is 1. The summed E-state index contributed by atoms with van der Waals surface area (Å²) in [5.74, 6) is -1.91. The number of aliphatic carboxylic acids is 1. The monoisotopic (exact) mass is 501 g/mol. The molecule has 1 aliphatic rings. The zero-order valence-corrected chi connectivity index (χ0v) is 20.2. The van der Waals surface area contributed by atoms with Gasteiger partial charge in [0.1, 0.15) is 5.84 Å². The van der Waals surface area contributed by atoms with Crippen LogP contribution in [0.1, 0.15) is 36.0 Å². The SMILES string of the molecule is Cl.N=C(N)c1ccc(CN(C(=O)[C@@H]2CCCN2)C(=O)[C@H](CCc2ccccc2)NCC(=O)O)cc1. The molecule has 10 heteroatoms. The van der Waals surface area contributed by atoms with Crippen molar-refractivity contribution in [3.05, 3.63) is 71.3 Å². The minimum atomic E-state index is -1.08. The van der Waals surface area contributed by atoms with Gasteiger partial charge in [-0.05, 0) is 43.4 Å². The number of aryl methyl sites for hydroxylation is 1.